The van der Waals surface area contributed by atoms with E-state index in [9.17, 15) is 4.79 Å². The highest BCUT2D eigenvalue weighted by molar-refractivity contribution is 6.06. The third-order valence-corrected chi connectivity index (χ3v) is 6.46. The van der Waals surface area contributed by atoms with E-state index in [0.29, 0.717) is 0 Å². The number of carbonyl (C=O) groups is 1. The van der Waals surface area contributed by atoms with Crippen molar-refractivity contribution in [3.63, 3.8) is 0 Å². The second-order valence-electron chi connectivity index (χ2n) is 8.48. The molecule has 1 saturated carbocycles. The molecule has 1 aliphatic carbocycles. The van der Waals surface area contributed by atoms with Gasteiger partial charge in [-0.3, -0.25) is 4.79 Å². The fourth-order valence-electron chi connectivity index (χ4n) is 4.68. The van der Waals surface area contributed by atoms with E-state index < -0.39 is 0 Å². The molecule has 0 atom stereocenters. The van der Waals surface area contributed by atoms with Gasteiger partial charge >= 0.3 is 0 Å². The molecule has 1 heterocycles. The van der Waals surface area contributed by atoms with Crippen molar-refractivity contribution >= 4 is 17.3 Å². The molecule has 1 aliphatic heterocycles. The van der Waals surface area contributed by atoms with Crippen LogP contribution in [0.25, 0.3) is 0 Å². The zero-order valence-electron chi connectivity index (χ0n) is 18.2. The molecule has 1 amide bonds. The Balaban J connectivity index is 1.70. The molecule has 0 N–H and O–H groups in total. The molecule has 2 aromatic carbocycles. The van der Waals surface area contributed by atoms with Crippen molar-refractivity contribution in [3.8, 4) is 5.75 Å². The summed E-state index contributed by atoms with van der Waals surface area (Å²) >= 11 is 0. The molecule has 0 aromatic heterocycles. The maximum absolute atomic E-state index is 13.6. The second-order valence-corrected chi connectivity index (χ2v) is 8.48. The highest BCUT2D eigenvalue weighted by Crippen LogP contribution is 2.36. The fraction of sp³-hybridized carbons (Fsp3) is 0.480. The van der Waals surface area contributed by atoms with E-state index in [0.717, 1.165) is 61.7 Å². The number of hydrogen-bond donors (Lipinski definition) is 0. The molecule has 0 spiro atoms. The Labute approximate surface area is 180 Å². The topological polar surface area (TPSA) is 36.0 Å². The standard InChI is InChI=1S/C25H33N3O2/c1-26-15-17-27(18-16-26)23-19-22(13-14-24(23)30-2)28(21-11-7-4-8-12-21)25(29)20-9-5-3-6-10-20/h3,5-6,9-10,13-14,19,21H,4,7-8,11-12,15-18H2,1-2H3. The highest BCUT2D eigenvalue weighted by atomic mass is 16.5. The number of piperazine rings is 1. The molecule has 30 heavy (non-hydrogen) atoms. The molecular weight excluding hydrogens is 374 g/mol. The summed E-state index contributed by atoms with van der Waals surface area (Å²) in [7, 11) is 3.89. The van der Waals surface area contributed by atoms with Gasteiger partial charge in [0.1, 0.15) is 5.75 Å². The minimum Gasteiger partial charge on any atom is -0.495 e. The monoisotopic (exact) mass is 407 g/mol. The quantitative estimate of drug-likeness (QED) is 0.735. The number of rotatable bonds is 5. The third kappa shape index (κ3) is 4.46. The molecule has 2 fully saturated rings. The van der Waals surface area contributed by atoms with Gasteiger partial charge in [0, 0.05) is 43.5 Å². The van der Waals surface area contributed by atoms with Gasteiger partial charge in [0.15, 0.2) is 0 Å². The number of hydrogen-bond acceptors (Lipinski definition) is 4. The van der Waals surface area contributed by atoms with Gasteiger partial charge in [-0.2, -0.15) is 0 Å². The van der Waals surface area contributed by atoms with Crippen molar-refractivity contribution in [2.24, 2.45) is 0 Å². The lowest BCUT2D eigenvalue weighted by Gasteiger charge is -2.37. The summed E-state index contributed by atoms with van der Waals surface area (Å²) in [6.45, 7) is 3.99. The molecule has 2 aromatic rings. The van der Waals surface area contributed by atoms with E-state index in [2.05, 4.69) is 22.9 Å². The van der Waals surface area contributed by atoms with E-state index in [1.165, 1.54) is 19.3 Å². The average Bonchev–Trinajstić information content (AvgIpc) is 2.81. The molecule has 4 rings (SSSR count). The minimum atomic E-state index is 0.0944. The largest absolute Gasteiger partial charge is 0.495 e. The van der Waals surface area contributed by atoms with Crippen LogP contribution < -0.4 is 14.5 Å². The first-order valence-corrected chi connectivity index (χ1v) is 11.2. The zero-order valence-corrected chi connectivity index (χ0v) is 18.2. The van der Waals surface area contributed by atoms with Crippen LogP contribution in [0.1, 0.15) is 42.5 Å². The molecule has 0 bridgehead atoms. The van der Waals surface area contributed by atoms with Crippen molar-refractivity contribution in [2.45, 2.75) is 38.1 Å². The summed E-state index contributed by atoms with van der Waals surface area (Å²) in [5.74, 6) is 0.969. The Kier molecular flexibility index (Phi) is 6.58. The molecule has 0 radical (unpaired) electrons. The molecule has 160 valence electrons. The van der Waals surface area contributed by atoms with Gasteiger partial charge in [-0.1, -0.05) is 37.5 Å². The lowest BCUT2D eigenvalue weighted by molar-refractivity contribution is 0.0970. The number of likely N-dealkylation sites (N-methyl/N-ethyl adjacent to an activating group) is 1. The van der Waals surface area contributed by atoms with Crippen molar-refractivity contribution in [1.29, 1.82) is 0 Å². The maximum atomic E-state index is 13.6. The summed E-state index contributed by atoms with van der Waals surface area (Å²) in [5, 5.41) is 0. The Bertz CT molecular complexity index is 841. The number of anilines is 2. The first-order chi connectivity index (χ1) is 14.7. The van der Waals surface area contributed by atoms with Gasteiger partial charge in [0.2, 0.25) is 0 Å². The predicted molar refractivity (Wildman–Crippen MR) is 123 cm³/mol. The predicted octanol–water partition coefficient (Wildman–Crippen LogP) is 4.43. The number of methoxy groups -OCH3 is 1. The van der Waals surface area contributed by atoms with Gasteiger partial charge in [0.25, 0.3) is 5.91 Å². The van der Waals surface area contributed by atoms with Crippen molar-refractivity contribution in [1.82, 2.24) is 4.90 Å². The molecular formula is C25H33N3O2. The Hall–Kier alpha value is -2.53. The van der Waals surface area contributed by atoms with Gasteiger partial charge in [-0.05, 0) is 50.2 Å². The summed E-state index contributed by atoms with van der Waals surface area (Å²) in [6.07, 6.45) is 5.76. The summed E-state index contributed by atoms with van der Waals surface area (Å²) in [4.78, 5) is 20.4. The number of amides is 1. The first-order valence-electron chi connectivity index (χ1n) is 11.2. The van der Waals surface area contributed by atoms with Crippen LogP contribution in [0.4, 0.5) is 11.4 Å². The van der Waals surface area contributed by atoms with E-state index >= 15 is 0 Å². The van der Waals surface area contributed by atoms with Crippen LogP contribution in [0, 0.1) is 0 Å². The number of carbonyl (C=O) groups excluding carboxylic acids is 1. The van der Waals surface area contributed by atoms with Crippen LogP contribution in [0.5, 0.6) is 5.75 Å². The number of benzene rings is 2. The van der Waals surface area contributed by atoms with Crippen molar-refractivity contribution in [3.05, 3.63) is 54.1 Å². The van der Waals surface area contributed by atoms with Crippen LogP contribution in [-0.4, -0.2) is 57.2 Å². The summed E-state index contributed by atoms with van der Waals surface area (Å²) in [5.41, 5.74) is 2.82. The Morgan fingerprint density at radius 1 is 0.967 bits per heavy atom. The van der Waals surface area contributed by atoms with E-state index in [-0.39, 0.29) is 11.9 Å². The van der Waals surface area contributed by atoms with Crippen LogP contribution in [0.15, 0.2) is 48.5 Å². The normalized spacial score (nSPS) is 18.3. The fourth-order valence-corrected chi connectivity index (χ4v) is 4.68. The zero-order chi connectivity index (χ0) is 20.9. The van der Waals surface area contributed by atoms with Gasteiger partial charge < -0.3 is 19.4 Å². The lowest BCUT2D eigenvalue weighted by atomic mass is 9.93. The molecule has 2 aliphatic rings. The van der Waals surface area contributed by atoms with Crippen molar-refractivity contribution in [2.75, 3.05) is 50.1 Å². The number of nitrogens with zero attached hydrogens (tertiary/aromatic N) is 3. The smallest absolute Gasteiger partial charge is 0.258 e. The van der Waals surface area contributed by atoms with Gasteiger partial charge in [-0.15, -0.1) is 0 Å². The van der Waals surface area contributed by atoms with E-state index in [1.54, 1.807) is 7.11 Å². The SMILES string of the molecule is COc1ccc(N(C(=O)c2ccccc2)C2CCCCC2)cc1N1CCN(C)CC1. The average molecular weight is 408 g/mol. The van der Waals surface area contributed by atoms with Crippen LogP contribution in [-0.2, 0) is 0 Å². The van der Waals surface area contributed by atoms with E-state index in [1.807, 2.05) is 47.4 Å². The Morgan fingerprint density at radius 2 is 1.67 bits per heavy atom. The molecule has 0 unspecified atom stereocenters. The second kappa shape index (κ2) is 9.52. The van der Waals surface area contributed by atoms with E-state index in [4.69, 9.17) is 4.74 Å². The molecule has 1 saturated heterocycles. The third-order valence-electron chi connectivity index (χ3n) is 6.46. The molecule has 5 heteroatoms. The number of ether oxygens (including phenoxy) is 1. The maximum Gasteiger partial charge on any atom is 0.258 e. The first kappa shape index (κ1) is 20.7. The molecule has 5 nitrogen and oxygen atoms in total. The van der Waals surface area contributed by atoms with Crippen LogP contribution in [0.3, 0.4) is 0 Å². The summed E-state index contributed by atoms with van der Waals surface area (Å²) in [6, 6.07) is 16.2. The summed E-state index contributed by atoms with van der Waals surface area (Å²) < 4.78 is 5.69. The van der Waals surface area contributed by atoms with Crippen LogP contribution >= 0.6 is 0 Å². The van der Waals surface area contributed by atoms with Gasteiger partial charge in [-0.25, -0.2) is 0 Å². The Morgan fingerprint density at radius 3 is 2.33 bits per heavy atom. The minimum absolute atomic E-state index is 0.0944. The lowest BCUT2D eigenvalue weighted by Crippen LogP contribution is -2.45. The van der Waals surface area contributed by atoms with Crippen molar-refractivity contribution < 1.29 is 9.53 Å². The van der Waals surface area contributed by atoms with Crippen LogP contribution in [0.2, 0.25) is 0 Å². The van der Waals surface area contributed by atoms with Gasteiger partial charge in [0.05, 0.1) is 12.8 Å². The highest BCUT2D eigenvalue weighted by Gasteiger charge is 2.29.